The molecular formula is C117H258N4O17. The van der Waals surface area contributed by atoms with Gasteiger partial charge < -0.3 is 102 Å². The molecule has 0 amide bonds. The monoisotopic (exact) mass is 1990 g/mol. The molecule has 0 saturated carbocycles. The first-order valence-electron chi connectivity index (χ1n) is 55.2. The lowest BCUT2D eigenvalue weighted by Crippen LogP contribution is -2.61. The van der Waals surface area contributed by atoms with Crippen LogP contribution in [0.2, 0.25) is 0 Å². The summed E-state index contributed by atoms with van der Waals surface area (Å²) < 4.78 is 97.4. The highest BCUT2D eigenvalue weighted by Crippen LogP contribution is 2.28. The largest absolute Gasteiger partial charge is 0.378 e. The standard InChI is InChI=1S/C17H39N3.C16H35NO3.C16H34O4.C14H30O.C14H30.2C13H28O3.C12H26O3.2CH4/c1-13(2)9-10-17(20-16(7)8,11-18-14(3)4)12-19-15(5)6;1-12(2)17-16(9-18-13(3)4,10-19-14(5)6)11-20-15(7)8;1-12(2)17-9-16(20-15(7)8,10-18-13(3)4)11-19-14(5)6;1-11(2)7-9-14(15-13(5)6)10-8-12(3)4;1-11(2)7-9-14(13(5)6)10-8-12(3)4;2*1-10(2)14-7-13(8-15-11(3)4)9-16-12(5)6;1-9(2)13-7-12(15-11(5)6)8-14-10(3)4;;/h13-16,18-20H,9-12H2,1-8H3;12-15,17H,9-11H2,1-8H3;12-15H,9-11H2,1-8H3;11-14H,7-10H2,1-6H3;11-14H,7-10H2,1-6H3;2*10-13H,7-9H2,1-6H3;9-12H,7-8H2,1-6H3;2*1H4. The summed E-state index contributed by atoms with van der Waals surface area (Å²) in [6.07, 6.45) is 17.5. The van der Waals surface area contributed by atoms with Crippen LogP contribution in [0.25, 0.3) is 0 Å². The highest BCUT2D eigenvalue weighted by Gasteiger charge is 2.37. The Morgan fingerprint density at radius 2 is 0.413 bits per heavy atom. The summed E-state index contributed by atoms with van der Waals surface area (Å²) >= 11 is 0. The first kappa shape index (κ1) is 157. The summed E-state index contributed by atoms with van der Waals surface area (Å²) in [7, 11) is 0. The van der Waals surface area contributed by atoms with E-state index in [4.69, 9.17) is 80.5 Å². The molecule has 21 nitrogen and oxygen atoms in total. The topological polar surface area (TPSA) is 205 Å². The van der Waals surface area contributed by atoms with Crippen LogP contribution in [-0.2, 0) is 80.5 Å². The minimum Gasteiger partial charge on any atom is -0.378 e. The molecule has 0 rings (SSSR count). The third-order valence-electron chi connectivity index (χ3n) is 20.1. The minimum atomic E-state index is -0.549. The average molecular weight is 1990 g/mol. The molecule has 0 atom stereocenters. The van der Waals surface area contributed by atoms with Crippen LogP contribution < -0.4 is 21.3 Å². The van der Waals surface area contributed by atoms with Crippen LogP contribution in [0.15, 0.2) is 0 Å². The Morgan fingerprint density at radius 1 is 0.196 bits per heavy atom. The molecule has 0 spiro atoms. The second kappa shape index (κ2) is 97.0. The van der Waals surface area contributed by atoms with Crippen molar-refractivity contribution in [1.82, 2.24) is 21.3 Å². The van der Waals surface area contributed by atoms with E-state index in [0.717, 1.165) is 54.5 Å². The van der Waals surface area contributed by atoms with Crippen LogP contribution in [0.4, 0.5) is 0 Å². The van der Waals surface area contributed by atoms with E-state index in [1.165, 1.54) is 64.2 Å². The second-order valence-corrected chi connectivity index (χ2v) is 47.0. The van der Waals surface area contributed by atoms with E-state index in [1.54, 1.807) is 0 Å². The zero-order chi connectivity index (χ0) is 107. The van der Waals surface area contributed by atoms with Gasteiger partial charge in [0, 0.05) is 54.6 Å². The van der Waals surface area contributed by atoms with Gasteiger partial charge in [0.1, 0.15) is 11.7 Å². The summed E-state index contributed by atoms with van der Waals surface area (Å²) in [5.74, 6) is 6.56. The van der Waals surface area contributed by atoms with Crippen molar-refractivity contribution >= 4 is 0 Å². The molecule has 0 aliphatic carbocycles. The molecule has 0 aliphatic heterocycles. The third kappa shape index (κ3) is 124. The van der Waals surface area contributed by atoms with Crippen molar-refractivity contribution in [2.75, 3.05) is 106 Å². The van der Waals surface area contributed by atoms with Gasteiger partial charge >= 0.3 is 0 Å². The molecule has 0 aromatic rings. The van der Waals surface area contributed by atoms with E-state index in [0.29, 0.717) is 141 Å². The van der Waals surface area contributed by atoms with Gasteiger partial charge in [0.15, 0.2) is 0 Å². The van der Waals surface area contributed by atoms with Crippen molar-refractivity contribution in [2.24, 2.45) is 53.3 Å². The van der Waals surface area contributed by atoms with E-state index < -0.39 is 5.60 Å². The quantitative estimate of drug-likeness (QED) is 0.0447. The lowest BCUT2D eigenvalue weighted by molar-refractivity contribution is -0.198. The fourth-order valence-electron chi connectivity index (χ4n) is 12.9. The maximum absolute atomic E-state index is 6.11. The van der Waals surface area contributed by atoms with Gasteiger partial charge in [-0.2, -0.15) is 0 Å². The number of nitrogens with one attached hydrogen (secondary N) is 4. The Kier molecular flexibility index (Phi) is 111. The van der Waals surface area contributed by atoms with Crippen LogP contribution in [0.3, 0.4) is 0 Å². The van der Waals surface area contributed by atoms with Crippen LogP contribution in [0, 0.1) is 53.3 Å². The smallest absolute Gasteiger partial charge is 0.138 e. The number of hydrogen-bond acceptors (Lipinski definition) is 21. The molecule has 4 N–H and O–H groups in total. The summed E-state index contributed by atoms with van der Waals surface area (Å²) in [6.45, 7) is 126. The van der Waals surface area contributed by atoms with Gasteiger partial charge in [0.25, 0.3) is 0 Å². The Labute approximate surface area is 865 Å². The second-order valence-electron chi connectivity index (χ2n) is 47.0. The fourth-order valence-corrected chi connectivity index (χ4v) is 12.9. The van der Waals surface area contributed by atoms with E-state index in [1.807, 2.05) is 222 Å². The zero-order valence-electron chi connectivity index (χ0n) is 101. The molecule has 0 unspecified atom stereocenters. The predicted octanol–water partition coefficient (Wildman–Crippen LogP) is 29.0. The molecule has 21 heteroatoms. The van der Waals surface area contributed by atoms with E-state index in [9.17, 15) is 0 Å². The lowest BCUT2D eigenvalue weighted by Gasteiger charge is -2.39. The van der Waals surface area contributed by atoms with E-state index in [2.05, 4.69) is 174 Å². The Morgan fingerprint density at radius 3 is 0.616 bits per heavy atom. The Hall–Kier alpha value is -0.840. The molecule has 0 radical (unpaired) electrons. The van der Waals surface area contributed by atoms with Crippen molar-refractivity contribution in [1.29, 1.82) is 0 Å². The first-order chi connectivity index (χ1) is 62.6. The summed E-state index contributed by atoms with van der Waals surface area (Å²) in [5.41, 5.74) is -0.701. The number of ether oxygens (including phenoxy) is 17. The molecule has 0 aromatic carbocycles. The summed E-state index contributed by atoms with van der Waals surface area (Å²) in [6, 6.07) is 1.91. The van der Waals surface area contributed by atoms with Crippen molar-refractivity contribution in [3.8, 4) is 0 Å². The SMILES string of the molecule is C.C.CC(C)CCC(CCC(C)C)C(C)C.CC(C)CCC(CCC(C)C)OC(C)C.CC(C)CCC(CNC(C)C)(CNC(C)C)NC(C)C.CC(C)NC(COC(C)C)(COC(C)C)COC(C)C.CC(C)OCC(COC(C)C)(COC(C)C)OC(C)C.CC(C)OCC(COC(C)C)COC(C)C.CC(C)OCC(COC(C)C)COC(C)C.CC(C)OCC(COC(C)C)OC(C)C. The summed E-state index contributed by atoms with van der Waals surface area (Å²) in [5, 5.41) is 14.7. The molecule has 0 aliphatic rings. The van der Waals surface area contributed by atoms with Crippen LogP contribution in [0.1, 0.15) is 453 Å². The van der Waals surface area contributed by atoms with Gasteiger partial charge in [-0.3, -0.25) is 0 Å². The highest BCUT2D eigenvalue weighted by atomic mass is 16.6. The molecule has 138 heavy (non-hydrogen) atoms. The highest BCUT2D eigenvalue weighted by molar-refractivity contribution is 4.95. The molecule has 848 valence electrons. The Balaban J connectivity index is -0.000000170. The van der Waals surface area contributed by atoms with Gasteiger partial charge in [0.2, 0.25) is 0 Å². The summed E-state index contributed by atoms with van der Waals surface area (Å²) in [4.78, 5) is 0. The third-order valence-corrected chi connectivity index (χ3v) is 20.1. The van der Waals surface area contributed by atoms with E-state index >= 15 is 0 Å². The van der Waals surface area contributed by atoms with Gasteiger partial charge in [-0.15, -0.1) is 0 Å². The molecular weight excluding hydrogens is 1730 g/mol. The van der Waals surface area contributed by atoms with Crippen molar-refractivity contribution in [2.45, 2.75) is 610 Å². The molecule has 0 bridgehead atoms. The predicted molar refractivity (Wildman–Crippen MR) is 602 cm³/mol. The lowest BCUT2D eigenvalue weighted by atomic mass is 9.84. The number of hydrogen-bond donors (Lipinski definition) is 4. The van der Waals surface area contributed by atoms with Gasteiger partial charge in [-0.05, 0) is 328 Å². The Bertz CT molecular complexity index is 2020. The van der Waals surface area contributed by atoms with Gasteiger partial charge in [0.05, 0.1) is 208 Å². The van der Waals surface area contributed by atoms with Crippen LogP contribution in [0.5, 0.6) is 0 Å². The minimum absolute atomic E-state index is 0. The van der Waals surface area contributed by atoms with E-state index in [-0.39, 0.29) is 130 Å². The van der Waals surface area contributed by atoms with Crippen molar-refractivity contribution < 1.29 is 80.5 Å². The molecule has 0 heterocycles. The van der Waals surface area contributed by atoms with Crippen molar-refractivity contribution in [3.63, 3.8) is 0 Å². The fraction of sp³-hybridized carbons (Fsp3) is 1.00. The average Bonchev–Trinajstić information content (AvgIpc) is 0.861. The van der Waals surface area contributed by atoms with Crippen LogP contribution >= 0.6 is 0 Å². The molecule has 0 aromatic heterocycles. The van der Waals surface area contributed by atoms with Crippen molar-refractivity contribution in [3.05, 3.63) is 0 Å². The first-order valence-corrected chi connectivity index (χ1v) is 55.2. The van der Waals surface area contributed by atoms with Gasteiger partial charge in [-0.1, -0.05) is 166 Å². The van der Waals surface area contributed by atoms with Gasteiger partial charge in [-0.25, -0.2) is 0 Å². The molecule has 0 saturated heterocycles. The maximum Gasteiger partial charge on any atom is 0.138 e. The zero-order valence-corrected chi connectivity index (χ0v) is 101. The molecule has 0 fully saturated rings. The maximum atomic E-state index is 6.11. The number of rotatable bonds is 74. The normalized spacial score (nSPS) is 12.6. The van der Waals surface area contributed by atoms with Crippen LogP contribution in [-0.4, -0.2) is 262 Å².